The van der Waals surface area contributed by atoms with Gasteiger partial charge in [-0.3, -0.25) is 9.69 Å². The molecule has 0 fully saturated rings. The Morgan fingerprint density at radius 3 is 2.47 bits per heavy atom. The van der Waals surface area contributed by atoms with Gasteiger partial charge < -0.3 is 15.2 Å². The van der Waals surface area contributed by atoms with Crippen LogP contribution in [0.5, 0.6) is 11.5 Å². The molecule has 2 aromatic rings. The number of ketones is 1. The SMILES string of the molecule is CCOc1ccc(OCC)c(C2C(C#N)=C(N)N(c3ccc(Cl)cc3Cl)C3=C2C(=O)CC(C)(C)C3)c1. The van der Waals surface area contributed by atoms with Gasteiger partial charge >= 0.3 is 0 Å². The first kappa shape index (κ1) is 25.9. The van der Waals surface area contributed by atoms with Crippen LogP contribution in [0, 0.1) is 16.7 Å². The van der Waals surface area contributed by atoms with Gasteiger partial charge in [0.25, 0.3) is 0 Å². The lowest BCUT2D eigenvalue weighted by Gasteiger charge is -2.44. The molecule has 1 unspecified atom stereocenters. The Bertz CT molecular complexity index is 1320. The third-order valence-electron chi connectivity index (χ3n) is 6.43. The van der Waals surface area contributed by atoms with Crippen LogP contribution in [0.1, 0.15) is 52.0 Å². The maximum absolute atomic E-state index is 13.8. The summed E-state index contributed by atoms with van der Waals surface area (Å²) in [5, 5.41) is 11.2. The van der Waals surface area contributed by atoms with Gasteiger partial charge in [0.15, 0.2) is 5.78 Å². The zero-order chi connectivity index (χ0) is 26.2. The second-order valence-corrected chi connectivity index (χ2v) is 10.5. The molecule has 2 aliphatic rings. The highest BCUT2D eigenvalue weighted by atomic mass is 35.5. The molecule has 2 aromatic carbocycles. The Balaban J connectivity index is 2.04. The summed E-state index contributed by atoms with van der Waals surface area (Å²) in [6.45, 7) is 8.79. The van der Waals surface area contributed by atoms with Crippen molar-refractivity contribution in [3.8, 4) is 17.6 Å². The molecule has 4 rings (SSSR count). The van der Waals surface area contributed by atoms with Crippen molar-refractivity contribution in [2.75, 3.05) is 18.1 Å². The predicted octanol–water partition coefficient (Wildman–Crippen LogP) is 6.73. The minimum Gasteiger partial charge on any atom is -0.494 e. The third kappa shape index (κ3) is 4.66. The lowest BCUT2D eigenvalue weighted by atomic mass is 9.68. The quantitative estimate of drug-likeness (QED) is 0.449. The summed E-state index contributed by atoms with van der Waals surface area (Å²) in [5.74, 6) is 0.693. The highest BCUT2D eigenvalue weighted by Gasteiger charge is 2.45. The highest BCUT2D eigenvalue weighted by molar-refractivity contribution is 6.36. The largest absolute Gasteiger partial charge is 0.494 e. The molecular formula is C28H29Cl2N3O3. The minimum absolute atomic E-state index is 0.0363. The van der Waals surface area contributed by atoms with Crippen molar-refractivity contribution in [3.63, 3.8) is 0 Å². The fraction of sp³-hybridized carbons (Fsp3) is 0.357. The monoisotopic (exact) mass is 525 g/mol. The number of allylic oxidation sites excluding steroid dienone is 3. The van der Waals surface area contributed by atoms with Crippen molar-refractivity contribution < 1.29 is 14.3 Å². The zero-order valence-electron chi connectivity index (χ0n) is 20.8. The first-order valence-electron chi connectivity index (χ1n) is 11.9. The second-order valence-electron chi connectivity index (χ2n) is 9.64. The fourth-order valence-electron chi connectivity index (χ4n) is 5.05. The molecule has 0 spiro atoms. The van der Waals surface area contributed by atoms with Gasteiger partial charge in [-0.05, 0) is 62.1 Å². The summed E-state index contributed by atoms with van der Waals surface area (Å²) in [5.41, 5.74) is 9.17. The molecule has 1 aliphatic carbocycles. The number of nitrogens with two attached hydrogens (primary N) is 1. The van der Waals surface area contributed by atoms with Gasteiger partial charge in [0.2, 0.25) is 0 Å². The van der Waals surface area contributed by atoms with Crippen LogP contribution >= 0.6 is 23.2 Å². The number of hydrogen-bond acceptors (Lipinski definition) is 6. The third-order valence-corrected chi connectivity index (χ3v) is 6.97. The van der Waals surface area contributed by atoms with Crippen molar-refractivity contribution in [3.05, 3.63) is 74.7 Å². The average Bonchev–Trinajstić information content (AvgIpc) is 2.80. The maximum Gasteiger partial charge on any atom is 0.162 e. The molecule has 1 heterocycles. The highest BCUT2D eigenvalue weighted by Crippen LogP contribution is 2.52. The van der Waals surface area contributed by atoms with Crippen LogP contribution in [-0.4, -0.2) is 19.0 Å². The standard InChI is InChI=1S/C28H29Cl2N3O3/c1-5-35-17-8-10-24(36-6-2)18(12-17)25-19(15-31)27(32)33(21-9-7-16(29)11-20(21)30)22-13-28(3,4)14-23(34)26(22)25/h7-12,25H,5-6,13-14,32H2,1-4H3. The van der Waals surface area contributed by atoms with E-state index in [0.717, 1.165) is 5.70 Å². The second kappa shape index (κ2) is 10.1. The van der Waals surface area contributed by atoms with Crippen LogP contribution in [0.25, 0.3) is 0 Å². The van der Waals surface area contributed by atoms with Gasteiger partial charge in [0, 0.05) is 28.3 Å². The van der Waals surface area contributed by atoms with E-state index in [1.54, 1.807) is 23.1 Å². The number of halogens is 2. The van der Waals surface area contributed by atoms with E-state index >= 15 is 0 Å². The molecule has 1 aliphatic heterocycles. The van der Waals surface area contributed by atoms with E-state index in [2.05, 4.69) is 6.07 Å². The van der Waals surface area contributed by atoms with Crippen LogP contribution in [0.15, 0.2) is 59.1 Å². The molecule has 0 saturated carbocycles. The summed E-state index contributed by atoms with van der Waals surface area (Å²) in [6.07, 6.45) is 0.913. The Kier molecular flexibility index (Phi) is 7.26. The molecular weight excluding hydrogens is 497 g/mol. The lowest BCUT2D eigenvalue weighted by molar-refractivity contribution is -0.118. The van der Waals surface area contributed by atoms with Crippen molar-refractivity contribution in [2.45, 2.75) is 46.5 Å². The summed E-state index contributed by atoms with van der Waals surface area (Å²) in [6, 6.07) is 12.9. The number of anilines is 1. The zero-order valence-corrected chi connectivity index (χ0v) is 22.3. The first-order chi connectivity index (χ1) is 17.1. The van der Waals surface area contributed by atoms with E-state index in [0.29, 0.717) is 64.4 Å². The van der Waals surface area contributed by atoms with Gasteiger partial charge in [-0.15, -0.1) is 0 Å². The Labute approximate surface area is 221 Å². The normalized spacial score (nSPS) is 19.2. The van der Waals surface area contributed by atoms with E-state index in [1.807, 2.05) is 45.9 Å². The number of carbonyl (C=O) groups excluding carboxylic acids is 1. The molecule has 0 bridgehead atoms. The topological polar surface area (TPSA) is 88.6 Å². The number of nitriles is 1. The van der Waals surface area contributed by atoms with Crippen LogP contribution < -0.4 is 20.1 Å². The van der Waals surface area contributed by atoms with Crippen LogP contribution in [-0.2, 0) is 4.79 Å². The summed E-state index contributed by atoms with van der Waals surface area (Å²) in [7, 11) is 0. The van der Waals surface area contributed by atoms with E-state index in [-0.39, 0.29) is 22.6 Å². The summed E-state index contributed by atoms with van der Waals surface area (Å²) in [4.78, 5) is 15.6. The molecule has 0 aromatic heterocycles. The van der Waals surface area contributed by atoms with Gasteiger partial charge in [0.1, 0.15) is 17.3 Å². The van der Waals surface area contributed by atoms with Gasteiger partial charge in [-0.2, -0.15) is 5.26 Å². The maximum atomic E-state index is 13.8. The number of hydrogen-bond donors (Lipinski definition) is 1. The minimum atomic E-state index is -0.696. The van der Waals surface area contributed by atoms with Crippen LogP contribution in [0.3, 0.4) is 0 Å². The molecule has 36 heavy (non-hydrogen) atoms. The smallest absolute Gasteiger partial charge is 0.162 e. The summed E-state index contributed by atoms with van der Waals surface area (Å²) >= 11 is 12.8. The van der Waals surface area contributed by atoms with E-state index in [1.165, 1.54) is 0 Å². The number of nitrogens with zero attached hydrogens (tertiary/aromatic N) is 2. The van der Waals surface area contributed by atoms with E-state index in [9.17, 15) is 10.1 Å². The molecule has 8 heteroatoms. The molecule has 0 amide bonds. The van der Waals surface area contributed by atoms with Gasteiger partial charge in [-0.1, -0.05) is 37.0 Å². The average molecular weight is 526 g/mol. The number of carbonyl (C=O) groups is 1. The van der Waals surface area contributed by atoms with Crippen LogP contribution in [0.2, 0.25) is 10.0 Å². The first-order valence-corrected chi connectivity index (χ1v) is 12.7. The molecule has 188 valence electrons. The Hall–Kier alpha value is -3.14. The molecule has 1 atom stereocenters. The van der Waals surface area contributed by atoms with Gasteiger partial charge in [0.05, 0.1) is 41.5 Å². The van der Waals surface area contributed by atoms with Crippen molar-refractivity contribution in [2.24, 2.45) is 11.1 Å². The van der Waals surface area contributed by atoms with E-state index in [4.69, 9.17) is 38.4 Å². The van der Waals surface area contributed by atoms with Crippen LogP contribution in [0.4, 0.5) is 5.69 Å². The van der Waals surface area contributed by atoms with E-state index < -0.39 is 5.92 Å². The molecule has 0 saturated heterocycles. The van der Waals surface area contributed by atoms with Crippen molar-refractivity contribution >= 4 is 34.7 Å². The molecule has 6 nitrogen and oxygen atoms in total. The number of rotatable bonds is 6. The Morgan fingerprint density at radius 1 is 1.11 bits per heavy atom. The molecule has 0 radical (unpaired) electrons. The number of ether oxygens (including phenoxy) is 2. The number of benzene rings is 2. The van der Waals surface area contributed by atoms with Gasteiger partial charge in [-0.25, -0.2) is 0 Å². The van der Waals surface area contributed by atoms with Crippen molar-refractivity contribution in [1.82, 2.24) is 0 Å². The molecule has 2 N–H and O–H groups in total. The predicted molar refractivity (Wildman–Crippen MR) is 142 cm³/mol. The lowest BCUT2D eigenvalue weighted by Crippen LogP contribution is -2.42. The van der Waals surface area contributed by atoms with Crippen molar-refractivity contribution in [1.29, 1.82) is 5.26 Å². The summed E-state index contributed by atoms with van der Waals surface area (Å²) < 4.78 is 11.7. The Morgan fingerprint density at radius 2 is 1.83 bits per heavy atom. The fourth-order valence-corrected chi connectivity index (χ4v) is 5.55. The number of Topliss-reactive ketones (excluding diaryl/α,β-unsaturated/α-hetero) is 1.